The Morgan fingerprint density at radius 2 is 2.00 bits per heavy atom. The Balaban J connectivity index is 2.07. The largest absolute Gasteiger partial charge is 0.398 e. The lowest BCUT2D eigenvalue weighted by Crippen LogP contribution is -2.11. The van der Waals surface area contributed by atoms with E-state index in [1.165, 1.54) is 0 Å². The Bertz CT molecular complexity index is 567. The zero-order valence-electron chi connectivity index (χ0n) is 10.2. The summed E-state index contributed by atoms with van der Waals surface area (Å²) in [5.74, 6) is 0. The monoisotopic (exact) mass is 269 g/mol. The maximum Gasteiger partial charge on any atom is 0.389 e. The number of benzene rings is 1. The molecule has 0 saturated heterocycles. The molecule has 6 heteroatoms. The molecule has 0 saturated carbocycles. The predicted octanol–water partition coefficient (Wildman–Crippen LogP) is 3.57. The molecule has 0 aliphatic carbocycles. The molecule has 1 aromatic carbocycles. The molecule has 0 aliphatic rings. The van der Waals surface area contributed by atoms with Gasteiger partial charge in [0.25, 0.3) is 0 Å². The molecule has 102 valence electrons. The maximum absolute atomic E-state index is 12.0. The number of alkyl halides is 3. The maximum atomic E-state index is 12.0. The number of halogens is 3. The highest BCUT2D eigenvalue weighted by Crippen LogP contribution is 2.26. The first kappa shape index (κ1) is 13.5. The second-order valence-corrected chi connectivity index (χ2v) is 4.25. The van der Waals surface area contributed by atoms with Gasteiger partial charge in [-0.2, -0.15) is 13.2 Å². The number of rotatable bonds is 4. The Morgan fingerprint density at radius 1 is 1.21 bits per heavy atom. The second-order valence-electron chi connectivity index (χ2n) is 4.25. The molecule has 3 nitrogen and oxygen atoms in total. The van der Waals surface area contributed by atoms with E-state index in [1.807, 2.05) is 6.07 Å². The van der Waals surface area contributed by atoms with E-state index in [1.54, 1.807) is 24.4 Å². The van der Waals surface area contributed by atoms with Crippen molar-refractivity contribution in [2.45, 2.75) is 19.0 Å². The van der Waals surface area contributed by atoms with Crippen molar-refractivity contribution in [1.29, 1.82) is 0 Å². The minimum Gasteiger partial charge on any atom is -0.398 e. The lowest BCUT2D eigenvalue weighted by atomic mass is 10.1. The Kier molecular flexibility index (Phi) is 3.78. The molecule has 1 heterocycles. The van der Waals surface area contributed by atoms with Crippen LogP contribution in [-0.2, 0) is 0 Å². The lowest BCUT2D eigenvalue weighted by molar-refractivity contribution is -0.134. The van der Waals surface area contributed by atoms with Crippen LogP contribution in [0.25, 0.3) is 10.9 Å². The van der Waals surface area contributed by atoms with Gasteiger partial charge in [-0.15, -0.1) is 0 Å². The van der Waals surface area contributed by atoms with Crippen LogP contribution in [0.2, 0.25) is 0 Å². The van der Waals surface area contributed by atoms with Crippen LogP contribution in [0.4, 0.5) is 24.5 Å². The van der Waals surface area contributed by atoms with Crippen molar-refractivity contribution in [3.05, 3.63) is 30.5 Å². The van der Waals surface area contributed by atoms with E-state index < -0.39 is 12.6 Å². The van der Waals surface area contributed by atoms with Gasteiger partial charge in [-0.3, -0.25) is 4.98 Å². The van der Waals surface area contributed by atoms with Gasteiger partial charge < -0.3 is 11.1 Å². The summed E-state index contributed by atoms with van der Waals surface area (Å²) in [6.45, 7) is 0.245. The molecule has 0 amide bonds. The van der Waals surface area contributed by atoms with Crippen molar-refractivity contribution in [3.8, 4) is 0 Å². The lowest BCUT2D eigenvalue weighted by Gasteiger charge is -2.11. The molecule has 0 bridgehead atoms. The van der Waals surface area contributed by atoms with Crippen LogP contribution in [0.5, 0.6) is 0 Å². The molecule has 0 atom stereocenters. The average Bonchev–Trinajstić information content (AvgIpc) is 2.36. The summed E-state index contributed by atoms with van der Waals surface area (Å²) >= 11 is 0. The van der Waals surface area contributed by atoms with Crippen LogP contribution in [0.15, 0.2) is 30.5 Å². The number of aromatic nitrogens is 1. The predicted molar refractivity (Wildman–Crippen MR) is 69.9 cm³/mol. The topological polar surface area (TPSA) is 50.9 Å². The standard InChI is InChI=1S/C13H14F3N3/c14-13(15,16)6-2-8-18-11-5-4-10(17)9-3-1-7-19-12(9)11/h1,3-5,7,18H,2,6,8,17H2. The summed E-state index contributed by atoms with van der Waals surface area (Å²) in [5.41, 5.74) is 7.80. The summed E-state index contributed by atoms with van der Waals surface area (Å²) < 4.78 is 36.1. The fraction of sp³-hybridized carbons (Fsp3) is 0.308. The Hall–Kier alpha value is -1.98. The molecule has 2 rings (SSSR count). The van der Waals surface area contributed by atoms with Crippen molar-refractivity contribution in [1.82, 2.24) is 4.98 Å². The van der Waals surface area contributed by atoms with Crippen LogP contribution in [0.3, 0.4) is 0 Å². The average molecular weight is 269 g/mol. The number of hydrogen-bond acceptors (Lipinski definition) is 3. The molecule has 2 aromatic rings. The van der Waals surface area contributed by atoms with E-state index in [0.29, 0.717) is 16.9 Å². The van der Waals surface area contributed by atoms with Gasteiger partial charge in [0, 0.05) is 30.2 Å². The highest BCUT2D eigenvalue weighted by Gasteiger charge is 2.25. The van der Waals surface area contributed by atoms with Crippen molar-refractivity contribution in [2.75, 3.05) is 17.6 Å². The van der Waals surface area contributed by atoms with Crippen molar-refractivity contribution in [2.24, 2.45) is 0 Å². The Labute approximate surface area is 108 Å². The van der Waals surface area contributed by atoms with Crippen LogP contribution >= 0.6 is 0 Å². The van der Waals surface area contributed by atoms with E-state index in [0.717, 1.165) is 5.39 Å². The SMILES string of the molecule is Nc1ccc(NCCCC(F)(F)F)c2ncccc12. The Morgan fingerprint density at radius 3 is 2.74 bits per heavy atom. The second kappa shape index (κ2) is 5.34. The third kappa shape index (κ3) is 3.49. The normalized spacial score (nSPS) is 11.7. The van der Waals surface area contributed by atoms with Gasteiger partial charge in [-0.05, 0) is 30.7 Å². The summed E-state index contributed by atoms with van der Waals surface area (Å²) in [5, 5.41) is 3.76. The van der Waals surface area contributed by atoms with Gasteiger partial charge in [0.2, 0.25) is 0 Å². The van der Waals surface area contributed by atoms with Gasteiger partial charge in [0.1, 0.15) is 0 Å². The fourth-order valence-electron chi connectivity index (χ4n) is 1.85. The van der Waals surface area contributed by atoms with Crippen LogP contribution in [-0.4, -0.2) is 17.7 Å². The number of anilines is 2. The molecule has 0 radical (unpaired) electrons. The molecule has 3 N–H and O–H groups in total. The molecule has 0 spiro atoms. The van der Waals surface area contributed by atoms with E-state index in [4.69, 9.17) is 5.73 Å². The third-order valence-electron chi connectivity index (χ3n) is 2.76. The zero-order chi connectivity index (χ0) is 13.9. The number of nitrogens with one attached hydrogen (secondary N) is 1. The number of hydrogen-bond donors (Lipinski definition) is 2. The quantitative estimate of drug-likeness (QED) is 0.659. The van der Waals surface area contributed by atoms with E-state index in [2.05, 4.69) is 10.3 Å². The fourth-order valence-corrected chi connectivity index (χ4v) is 1.85. The summed E-state index contributed by atoms with van der Waals surface area (Å²) in [6, 6.07) is 7.05. The minimum atomic E-state index is -4.11. The number of nitrogens with zero attached hydrogens (tertiary/aromatic N) is 1. The van der Waals surface area contributed by atoms with Crippen molar-refractivity contribution in [3.63, 3.8) is 0 Å². The first-order chi connectivity index (χ1) is 8.97. The van der Waals surface area contributed by atoms with Gasteiger partial charge in [-0.25, -0.2) is 0 Å². The molecular formula is C13H14F3N3. The number of fused-ring (bicyclic) bond motifs is 1. The zero-order valence-corrected chi connectivity index (χ0v) is 10.2. The van der Waals surface area contributed by atoms with Gasteiger partial charge in [-0.1, -0.05) is 0 Å². The summed E-state index contributed by atoms with van der Waals surface area (Å²) in [6.07, 6.45) is -3.24. The van der Waals surface area contributed by atoms with Gasteiger partial charge in [0.15, 0.2) is 0 Å². The first-order valence-corrected chi connectivity index (χ1v) is 5.91. The van der Waals surface area contributed by atoms with Gasteiger partial charge >= 0.3 is 6.18 Å². The smallest absolute Gasteiger partial charge is 0.389 e. The van der Waals surface area contributed by atoms with Crippen molar-refractivity contribution >= 4 is 22.3 Å². The van der Waals surface area contributed by atoms with Gasteiger partial charge in [0.05, 0.1) is 11.2 Å². The summed E-state index contributed by atoms with van der Waals surface area (Å²) in [7, 11) is 0. The van der Waals surface area contributed by atoms with E-state index in [-0.39, 0.29) is 13.0 Å². The van der Waals surface area contributed by atoms with E-state index >= 15 is 0 Å². The number of nitrogen functional groups attached to an aromatic ring is 1. The minimum absolute atomic E-state index is 0.0300. The number of pyridine rings is 1. The first-order valence-electron chi connectivity index (χ1n) is 5.91. The van der Waals surface area contributed by atoms with Crippen molar-refractivity contribution < 1.29 is 13.2 Å². The highest BCUT2D eigenvalue weighted by molar-refractivity contribution is 5.98. The highest BCUT2D eigenvalue weighted by atomic mass is 19.4. The number of nitrogens with two attached hydrogens (primary N) is 1. The molecular weight excluding hydrogens is 255 g/mol. The molecule has 0 fully saturated rings. The van der Waals surface area contributed by atoms with Crippen LogP contribution in [0.1, 0.15) is 12.8 Å². The third-order valence-corrected chi connectivity index (χ3v) is 2.76. The molecule has 0 aliphatic heterocycles. The van der Waals surface area contributed by atoms with E-state index in [9.17, 15) is 13.2 Å². The molecule has 0 unspecified atom stereocenters. The van der Waals surface area contributed by atoms with Crippen LogP contribution < -0.4 is 11.1 Å². The summed E-state index contributed by atoms with van der Waals surface area (Å²) in [4.78, 5) is 4.20. The molecule has 19 heavy (non-hydrogen) atoms. The molecule has 1 aromatic heterocycles. The van der Waals surface area contributed by atoms with Crippen LogP contribution in [0, 0.1) is 0 Å².